The molecule has 9 heteroatoms. The smallest absolute Gasteiger partial charge is 0.322 e. The molecule has 0 aliphatic rings. The monoisotopic (exact) mass is 489 g/mol. The Bertz CT molecular complexity index is 1200. The van der Waals surface area contributed by atoms with E-state index in [2.05, 4.69) is 5.32 Å². The quantitative estimate of drug-likeness (QED) is 0.173. The normalized spacial score (nSPS) is 11.8. The number of hydrogen-bond donors (Lipinski definition) is 1. The number of para-hydroxylation sites is 1. The van der Waals surface area contributed by atoms with Crippen LogP contribution >= 0.6 is 0 Å². The lowest BCUT2D eigenvalue weighted by Crippen LogP contribution is -2.09. The molecule has 0 unspecified atom stereocenters. The molecule has 0 aliphatic heterocycles. The summed E-state index contributed by atoms with van der Waals surface area (Å²) in [5.74, 6) is -0.588. The Balaban J connectivity index is 1.93. The second-order valence-corrected chi connectivity index (χ2v) is 7.28. The Kier molecular flexibility index (Phi) is 7.58. The van der Waals surface area contributed by atoms with Crippen molar-refractivity contribution in [2.24, 2.45) is 0 Å². The lowest BCUT2D eigenvalue weighted by atomic mass is 9.95. The number of allylic oxidation sites excluding steroid dienone is 2. The van der Waals surface area contributed by atoms with Crippen LogP contribution in [0.15, 0.2) is 91.0 Å². The molecule has 3 nitrogen and oxygen atoms in total. The van der Waals surface area contributed by atoms with Gasteiger partial charge >= 0.3 is 12.4 Å². The van der Waals surface area contributed by atoms with Gasteiger partial charge in [-0.05, 0) is 53.1 Å². The molecule has 0 aliphatic carbocycles. The van der Waals surface area contributed by atoms with Crippen molar-refractivity contribution in [1.82, 2.24) is 0 Å². The zero-order chi connectivity index (χ0) is 25.6. The molecule has 1 N–H and O–H groups in total. The minimum absolute atomic E-state index is 0.264. The van der Waals surface area contributed by atoms with Crippen LogP contribution in [0.5, 0.6) is 0 Å². The van der Waals surface area contributed by atoms with Gasteiger partial charge in [-0.2, -0.15) is 26.3 Å². The summed E-state index contributed by atoms with van der Waals surface area (Å²) in [5.41, 5.74) is -0.312. The van der Waals surface area contributed by atoms with Crippen LogP contribution in [-0.4, -0.2) is 12.2 Å². The van der Waals surface area contributed by atoms with Gasteiger partial charge < -0.3 is 5.32 Å². The average molecular weight is 489 g/mol. The minimum atomic E-state index is -4.55. The summed E-state index contributed by atoms with van der Waals surface area (Å²) in [6.45, 7) is 0. The van der Waals surface area contributed by atoms with E-state index in [0.29, 0.717) is 23.0 Å². The number of halogens is 6. The highest BCUT2D eigenvalue weighted by atomic mass is 19.4. The van der Waals surface area contributed by atoms with Gasteiger partial charge in [-0.25, -0.2) is 0 Å². The van der Waals surface area contributed by atoms with Crippen LogP contribution in [0.4, 0.5) is 32.0 Å². The fraction of sp³-hybridized carbons (Fsp3) is 0.0769. The molecule has 3 rings (SSSR count). The Morgan fingerprint density at radius 3 is 1.66 bits per heavy atom. The fourth-order valence-corrected chi connectivity index (χ4v) is 3.16. The van der Waals surface area contributed by atoms with Gasteiger partial charge in [-0.1, -0.05) is 48.6 Å². The molecule has 0 aromatic heterocycles. The molecular formula is C26H17F6NO2. The first kappa shape index (κ1) is 25.5. The maximum Gasteiger partial charge on any atom is 0.416 e. The number of carbonyl (C=O) groups is 2. The summed E-state index contributed by atoms with van der Waals surface area (Å²) in [4.78, 5) is 23.3. The van der Waals surface area contributed by atoms with Crippen molar-refractivity contribution in [3.8, 4) is 0 Å². The number of hydrogen-bond acceptors (Lipinski definition) is 2. The third kappa shape index (κ3) is 6.69. The third-order valence-electron chi connectivity index (χ3n) is 4.90. The predicted octanol–water partition coefficient (Wildman–Crippen LogP) is 7.16. The second-order valence-electron chi connectivity index (χ2n) is 7.28. The average Bonchev–Trinajstić information content (AvgIpc) is 2.81. The van der Waals surface area contributed by atoms with E-state index in [1.54, 1.807) is 12.1 Å². The van der Waals surface area contributed by atoms with Gasteiger partial charge in [0.2, 0.25) is 5.91 Å². The van der Waals surface area contributed by atoms with E-state index < -0.39 is 29.4 Å². The summed E-state index contributed by atoms with van der Waals surface area (Å²) in [5, 5.41) is 2.53. The lowest BCUT2D eigenvalue weighted by Gasteiger charge is -2.12. The zero-order valence-corrected chi connectivity index (χ0v) is 17.8. The van der Waals surface area contributed by atoms with Crippen molar-refractivity contribution in [2.45, 2.75) is 12.4 Å². The highest BCUT2D eigenvalue weighted by Gasteiger charge is 2.31. The highest BCUT2D eigenvalue weighted by molar-refractivity contribution is 6.02. The van der Waals surface area contributed by atoms with Gasteiger partial charge in [0.25, 0.3) is 0 Å². The van der Waals surface area contributed by atoms with Gasteiger partial charge in [0.15, 0.2) is 6.29 Å². The Labute approximate surface area is 196 Å². The molecule has 0 radical (unpaired) electrons. The first-order valence-corrected chi connectivity index (χ1v) is 10.1. The maximum absolute atomic E-state index is 12.9. The number of anilines is 1. The van der Waals surface area contributed by atoms with Crippen LogP contribution in [0, 0.1) is 0 Å². The van der Waals surface area contributed by atoms with Crippen molar-refractivity contribution < 1.29 is 35.9 Å². The van der Waals surface area contributed by atoms with Crippen molar-refractivity contribution in [3.63, 3.8) is 0 Å². The third-order valence-corrected chi connectivity index (χ3v) is 4.90. The topological polar surface area (TPSA) is 46.2 Å². The molecule has 0 bridgehead atoms. The number of amides is 1. The van der Waals surface area contributed by atoms with Crippen molar-refractivity contribution in [3.05, 3.63) is 119 Å². The summed E-state index contributed by atoms with van der Waals surface area (Å²) >= 11 is 0. The molecule has 0 saturated carbocycles. The Morgan fingerprint density at radius 2 is 1.20 bits per heavy atom. The summed E-state index contributed by atoms with van der Waals surface area (Å²) in [6.07, 6.45) is -4.69. The molecule has 3 aromatic rings. The second kappa shape index (κ2) is 10.4. The molecule has 0 heterocycles. The molecule has 0 saturated heterocycles. The number of rotatable bonds is 6. The van der Waals surface area contributed by atoms with E-state index in [9.17, 15) is 35.9 Å². The minimum Gasteiger partial charge on any atom is -0.322 e. The van der Waals surface area contributed by atoms with E-state index in [1.165, 1.54) is 48.6 Å². The van der Waals surface area contributed by atoms with Crippen LogP contribution in [0.2, 0.25) is 0 Å². The molecular weight excluding hydrogens is 472 g/mol. The number of aldehydes is 1. The molecule has 0 atom stereocenters. The zero-order valence-electron chi connectivity index (χ0n) is 17.8. The molecule has 1 amide bonds. The van der Waals surface area contributed by atoms with E-state index in [-0.39, 0.29) is 11.3 Å². The first-order valence-electron chi connectivity index (χ1n) is 10.1. The van der Waals surface area contributed by atoms with Gasteiger partial charge in [0.1, 0.15) is 0 Å². The molecule has 35 heavy (non-hydrogen) atoms. The van der Waals surface area contributed by atoms with Crippen LogP contribution < -0.4 is 5.32 Å². The SMILES string of the molecule is O=Cc1ccccc1NC(=O)C=CC=C(c1ccc(C(F)(F)F)cc1)c1ccc(C(F)(F)F)cc1. The lowest BCUT2D eigenvalue weighted by molar-refractivity contribution is -0.138. The number of alkyl halides is 6. The first-order chi connectivity index (χ1) is 16.5. The standard InChI is InChI=1S/C26H17F6NO2/c27-25(28,29)20-12-8-17(9-13-20)22(18-10-14-21(15-11-18)26(30,31)32)5-3-7-24(35)33-23-6-2-1-4-19(23)16-34/h1-16H,(H,33,35). The van der Waals surface area contributed by atoms with E-state index in [0.717, 1.165) is 30.3 Å². The van der Waals surface area contributed by atoms with E-state index in [4.69, 9.17) is 0 Å². The van der Waals surface area contributed by atoms with Gasteiger partial charge in [0, 0.05) is 11.6 Å². The number of nitrogens with one attached hydrogen (secondary N) is 1. The molecule has 180 valence electrons. The van der Waals surface area contributed by atoms with E-state index in [1.807, 2.05) is 0 Å². The van der Waals surface area contributed by atoms with E-state index >= 15 is 0 Å². The Morgan fingerprint density at radius 1 is 0.714 bits per heavy atom. The van der Waals surface area contributed by atoms with Crippen molar-refractivity contribution >= 4 is 23.5 Å². The summed E-state index contributed by atoms with van der Waals surface area (Å²) in [7, 11) is 0. The fourth-order valence-electron chi connectivity index (χ4n) is 3.16. The van der Waals surface area contributed by atoms with Crippen LogP contribution in [0.1, 0.15) is 32.6 Å². The van der Waals surface area contributed by atoms with Crippen LogP contribution in [0.25, 0.3) is 5.57 Å². The highest BCUT2D eigenvalue weighted by Crippen LogP contribution is 2.33. The summed E-state index contributed by atoms with van der Waals surface area (Å²) in [6, 6.07) is 14.5. The van der Waals surface area contributed by atoms with Crippen LogP contribution in [-0.2, 0) is 17.1 Å². The number of carbonyl (C=O) groups excluding carboxylic acids is 2. The Hall–Kier alpha value is -4.14. The largest absolute Gasteiger partial charge is 0.416 e. The van der Waals surface area contributed by atoms with Gasteiger partial charge in [-0.3, -0.25) is 9.59 Å². The van der Waals surface area contributed by atoms with Crippen molar-refractivity contribution in [2.75, 3.05) is 5.32 Å². The number of benzene rings is 3. The molecule has 0 spiro atoms. The van der Waals surface area contributed by atoms with Crippen LogP contribution in [0.3, 0.4) is 0 Å². The van der Waals surface area contributed by atoms with Gasteiger partial charge in [-0.15, -0.1) is 0 Å². The predicted molar refractivity (Wildman–Crippen MR) is 120 cm³/mol. The maximum atomic E-state index is 12.9. The van der Waals surface area contributed by atoms with Crippen molar-refractivity contribution in [1.29, 1.82) is 0 Å². The summed E-state index contributed by atoms with van der Waals surface area (Å²) < 4.78 is 77.6. The molecule has 3 aromatic carbocycles. The molecule has 0 fully saturated rings. The van der Waals surface area contributed by atoms with Gasteiger partial charge in [0.05, 0.1) is 16.8 Å².